The lowest BCUT2D eigenvalue weighted by molar-refractivity contribution is -0.138. The van der Waals surface area contributed by atoms with Gasteiger partial charge in [-0.25, -0.2) is 4.79 Å². The first-order valence-corrected chi connectivity index (χ1v) is 6.71. The SMILES string of the molecule is C=CCC1(c2ccnc3ccccc23)C(=O)NC(=O)NC1=O. The van der Waals surface area contributed by atoms with Gasteiger partial charge in [-0.3, -0.25) is 25.2 Å². The van der Waals surface area contributed by atoms with Gasteiger partial charge in [0.25, 0.3) is 0 Å². The number of pyridine rings is 1. The number of fused-ring (bicyclic) bond motifs is 1. The number of para-hydroxylation sites is 1. The maximum absolute atomic E-state index is 12.5. The van der Waals surface area contributed by atoms with Gasteiger partial charge in [-0.15, -0.1) is 6.58 Å². The molecule has 2 N–H and O–H groups in total. The number of nitrogens with zero attached hydrogens (tertiary/aromatic N) is 1. The van der Waals surface area contributed by atoms with E-state index in [-0.39, 0.29) is 6.42 Å². The van der Waals surface area contributed by atoms with E-state index in [1.54, 1.807) is 30.5 Å². The zero-order valence-corrected chi connectivity index (χ0v) is 11.6. The van der Waals surface area contributed by atoms with Crippen LogP contribution in [0.2, 0.25) is 0 Å². The summed E-state index contributed by atoms with van der Waals surface area (Å²) in [6, 6.07) is 8.03. The van der Waals surface area contributed by atoms with Crippen LogP contribution in [0.25, 0.3) is 10.9 Å². The number of urea groups is 1. The molecule has 2 heterocycles. The number of barbiturate groups is 1. The largest absolute Gasteiger partial charge is 0.328 e. The molecule has 1 saturated heterocycles. The van der Waals surface area contributed by atoms with Gasteiger partial charge >= 0.3 is 6.03 Å². The van der Waals surface area contributed by atoms with Gasteiger partial charge in [-0.2, -0.15) is 0 Å². The molecule has 1 aliphatic heterocycles. The van der Waals surface area contributed by atoms with Crippen molar-refractivity contribution in [1.29, 1.82) is 0 Å². The molecule has 0 radical (unpaired) electrons. The molecule has 1 aromatic carbocycles. The van der Waals surface area contributed by atoms with Gasteiger partial charge in [-0.05, 0) is 24.1 Å². The zero-order chi connectivity index (χ0) is 15.7. The Morgan fingerprint density at radius 2 is 1.77 bits per heavy atom. The number of carbonyl (C=O) groups is 3. The molecule has 1 fully saturated rings. The molecule has 22 heavy (non-hydrogen) atoms. The summed E-state index contributed by atoms with van der Waals surface area (Å²) in [6.45, 7) is 3.63. The van der Waals surface area contributed by atoms with E-state index >= 15 is 0 Å². The second-order valence-corrected chi connectivity index (χ2v) is 5.01. The lowest BCUT2D eigenvalue weighted by Gasteiger charge is -2.34. The minimum absolute atomic E-state index is 0.0754. The Labute approximate surface area is 126 Å². The molecule has 6 heteroatoms. The first-order chi connectivity index (χ1) is 10.6. The highest BCUT2D eigenvalue weighted by Crippen LogP contribution is 2.35. The Bertz CT molecular complexity index is 788. The monoisotopic (exact) mass is 295 g/mol. The van der Waals surface area contributed by atoms with Gasteiger partial charge in [0.1, 0.15) is 0 Å². The summed E-state index contributed by atoms with van der Waals surface area (Å²) in [5.74, 6) is -1.31. The van der Waals surface area contributed by atoms with Crippen LogP contribution in [0, 0.1) is 0 Å². The second-order valence-electron chi connectivity index (χ2n) is 5.01. The van der Waals surface area contributed by atoms with Crippen molar-refractivity contribution in [2.24, 2.45) is 0 Å². The standard InChI is InChI=1S/C16H13N3O3/c1-2-8-16(13(20)18-15(22)19-14(16)21)11-7-9-17-12-6-4-3-5-10(11)12/h2-7,9H,1,8H2,(H2,18,19,20,21,22). The maximum Gasteiger partial charge on any atom is 0.328 e. The summed E-state index contributed by atoms with van der Waals surface area (Å²) in [7, 11) is 0. The third kappa shape index (κ3) is 1.88. The number of aromatic nitrogens is 1. The highest BCUT2D eigenvalue weighted by atomic mass is 16.2. The van der Waals surface area contributed by atoms with E-state index in [0.717, 1.165) is 0 Å². The smallest absolute Gasteiger partial charge is 0.277 e. The van der Waals surface area contributed by atoms with Crippen molar-refractivity contribution in [3.05, 3.63) is 54.7 Å². The molecule has 0 unspecified atom stereocenters. The molecule has 6 nitrogen and oxygen atoms in total. The highest BCUT2D eigenvalue weighted by Gasteiger charge is 2.51. The predicted molar refractivity (Wildman–Crippen MR) is 79.9 cm³/mol. The molecule has 0 bridgehead atoms. The molecule has 0 aliphatic carbocycles. The maximum atomic E-state index is 12.5. The van der Waals surface area contributed by atoms with Crippen LogP contribution in [-0.4, -0.2) is 22.8 Å². The molecule has 0 spiro atoms. The summed E-state index contributed by atoms with van der Waals surface area (Å²) < 4.78 is 0. The van der Waals surface area contributed by atoms with Crippen LogP contribution >= 0.6 is 0 Å². The number of nitrogens with one attached hydrogen (secondary N) is 2. The Balaban J connectivity index is 2.31. The third-order valence-electron chi connectivity index (χ3n) is 3.79. The van der Waals surface area contributed by atoms with Crippen LogP contribution in [0.3, 0.4) is 0 Å². The quantitative estimate of drug-likeness (QED) is 0.662. The van der Waals surface area contributed by atoms with Crippen molar-refractivity contribution in [3.63, 3.8) is 0 Å². The van der Waals surface area contributed by atoms with Crippen molar-refractivity contribution in [2.75, 3.05) is 0 Å². The normalized spacial score (nSPS) is 17.0. The molecule has 2 aromatic rings. The van der Waals surface area contributed by atoms with E-state index in [4.69, 9.17) is 0 Å². The lowest BCUT2D eigenvalue weighted by Crippen LogP contribution is -2.64. The van der Waals surface area contributed by atoms with Gasteiger partial charge in [0.15, 0.2) is 5.41 Å². The van der Waals surface area contributed by atoms with Crippen molar-refractivity contribution in [1.82, 2.24) is 15.6 Å². The average molecular weight is 295 g/mol. The molecule has 110 valence electrons. The third-order valence-corrected chi connectivity index (χ3v) is 3.79. The lowest BCUT2D eigenvalue weighted by atomic mass is 9.73. The first-order valence-electron chi connectivity index (χ1n) is 6.71. The van der Waals surface area contributed by atoms with Crippen molar-refractivity contribution < 1.29 is 14.4 Å². The summed E-state index contributed by atoms with van der Waals surface area (Å²) in [5.41, 5.74) is -0.362. The molecule has 1 aromatic heterocycles. The summed E-state index contributed by atoms with van der Waals surface area (Å²) >= 11 is 0. The highest BCUT2D eigenvalue weighted by molar-refractivity contribution is 6.24. The molecule has 4 amide bonds. The van der Waals surface area contributed by atoms with Crippen molar-refractivity contribution in [3.8, 4) is 0 Å². The van der Waals surface area contributed by atoms with Gasteiger partial charge in [0, 0.05) is 11.6 Å². The minimum atomic E-state index is -1.53. The Morgan fingerprint density at radius 1 is 1.09 bits per heavy atom. The average Bonchev–Trinajstić information content (AvgIpc) is 2.50. The molecule has 3 rings (SSSR count). The van der Waals surface area contributed by atoms with E-state index in [2.05, 4.69) is 22.2 Å². The van der Waals surface area contributed by atoms with Crippen molar-refractivity contribution in [2.45, 2.75) is 11.8 Å². The van der Waals surface area contributed by atoms with E-state index in [0.29, 0.717) is 16.5 Å². The van der Waals surface area contributed by atoms with Crippen LogP contribution in [0.15, 0.2) is 49.2 Å². The fraction of sp³-hybridized carbons (Fsp3) is 0.125. The van der Waals surface area contributed by atoms with Crippen LogP contribution in [0.4, 0.5) is 4.79 Å². The number of hydrogen-bond acceptors (Lipinski definition) is 4. The predicted octanol–water partition coefficient (Wildman–Crippen LogP) is 1.41. The fourth-order valence-corrected chi connectivity index (χ4v) is 2.78. The van der Waals surface area contributed by atoms with Gasteiger partial charge in [0.2, 0.25) is 11.8 Å². The zero-order valence-electron chi connectivity index (χ0n) is 11.6. The minimum Gasteiger partial charge on any atom is -0.277 e. The summed E-state index contributed by atoms with van der Waals surface area (Å²) in [5, 5.41) is 5.03. The van der Waals surface area contributed by atoms with Crippen LogP contribution < -0.4 is 10.6 Å². The second kappa shape index (κ2) is 5.07. The molecule has 0 saturated carbocycles. The summed E-state index contributed by atoms with van der Waals surface area (Å²) in [4.78, 5) is 40.6. The number of rotatable bonds is 3. The van der Waals surface area contributed by atoms with Crippen LogP contribution in [-0.2, 0) is 15.0 Å². The van der Waals surface area contributed by atoms with E-state index in [1.807, 2.05) is 6.07 Å². The number of imide groups is 2. The number of carbonyl (C=O) groups excluding carboxylic acids is 3. The fourth-order valence-electron chi connectivity index (χ4n) is 2.78. The molecule has 1 aliphatic rings. The van der Waals surface area contributed by atoms with Gasteiger partial charge < -0.3 is 0 Å². The first kappa shape index (κ1) is 13.9. The Morgan fingerprint density at radius 3 is 2.45 bits per heavy atom. The number of amides is 4. The number of allylic oxidation sites excluding steroid dienone is 1. The van der Waals surface area contributed by atoms with Gasteiger partial charge in [0.05, 0.1) is 5.52 Å². The van der Waals surface area contributed by atoms with E-state index in [1.165, 1.54) is 6.08 Å². The number of hydrogen-bond donors (Lipinski definition) is 2. The van der Waals surface area contributed by atoms with E-state index in [9.17, 15) is 14.4 Å². The Hall–Kier alpha value is -3.02. The van der Waals surface area contributed by atoms with Crippen molar-refractivity contribution >= 4 is 28.7 Å². The van der Waals surface area contributed by atoms with Crippen LogP contribution in [0.1, 0.15) is 12.0 Å². The summed E-state index contributed by atoms with van der Waals surface area (Å²) in [6.07, 6.45) is 3.11. The van der Waals surface area contributed by atoms with Gasteiger partial charge in [-0.1, -0.05) is 24.3 Å². The number of benzene rings is 1. The van der Waals surface area contributed by atoms with E-state index < -0.39 is 23.3 Å². The van der Waals surface area contributed by atoms with Crippen LogP contribution in [0.5, 0.6) is 0 Å². The molecule has 0 atom stereocenters. The Kier molecular flexibility index (Phi) is 3.21. The molecular weight excluding hydrogens is 282 g/mol. The topological polar surface area (TPSA) is 88.2 Å². The molecular formula is C16H13N3O3.